The van der Waals surface area contributed by atoms with Crippen LogP contribution in [0, 0.1) is 0 Å². The van der Waals surface area contributed by atoms with Crippen LogP contribution in [0.3, 0.4) is 0 Å². The molecule has 1 aromatic rings. The first kappa shape index (κ1) is 17.5. The topological polar surface area (TPSA) is 78.4 Å². The number of carbonyl (C=O) groups is 2. The largest absolute Gasteiger partial charge is 0.480 e. The quantitative estimate of drug-likeness (QED) is 0.689. The summed E-state index contributed by atoms with van der Waals surface area (Å²) in [6.45, 7) is 3.92. The van der Waals surface area contributed by atoms with Crippen LogP contribution in [0.25, 0.3) is 0 Å². The van der Waals surface area contributed by atoms with Gasteiger partial charge in [0.25, 0.3) is 0 Å². The Morgan fingerprint density at radius 2 is 1.86 bits per heavy atom. The molecule has 0 spiro atoms. The van der Waals surface area contributed by atoms with Crippen LogP contribution in [0.2, 0.25) is 5.02 Å². The molecule has 0 radical (unpaired) electrons. The number of rotatable bonds is 8. The number of hydrogen-bond donors (Lipinski definition) is 3. The molecule has 0 atom stereocenters. The molecule has 1 rings (SSSR count). The molecule has 0 aromatic heterocycles. The zero-order valence-corrected chi connectivity index (χ0v) is 13.0. The van der Waals surface area contributed by atoms with E-state index in [2.05, 4.69) is 10.6 Å². The Balaban J connectivity index is 2.50. The monoisotopic (exact) mass is 312 g/mol. The molecule has 0 aliphatic heterocycles. The minimum atomic E-state index is -0.968. The van der Waals surface area contributed by atoms with E-state index in [1.807, 2.05) is 13.8 Å². The molecule has 0 aliphatic rings. The number of nitrogens with one attached hydrogen (secondary N) is 2. The predicted molar refractivity (Wildman–Crippen MR) is 83.7 cm³/mol. The Labute approximate surface area is 129 Å². The molecular weight excluding hydrogens is 292 g/mol. The maximum Gasteiger partial charge on any atom is 0.323 e. The van der Waals surface area contributed by atoms with E-state index in [0.717, 1.165) is 0 Å². The second-order valence-corrected chi connectivity index (χ2v) is 5.21. The third kappa shape index (κ3) is 4.72. The van der Waals surface area contributed by atoms with Gasteiger partial charge in [0.05, 0.1) is 10.7 Å². The highest BCUT2D eigenvalue weighted by molar-refractivity contribution is 6.33. The van der Waals surface area contributed by atoms with Gasteiger partial charge in [0, 0.05) is 13.0 Å². The molecule has 0 fully saturated rings. The molecule has 0 unspecified atom stereocenters. The first-order valence-electron chi connectivity index (χ1n) is 6.98. The summed E-state index contributed by atoms with van der Waals surface area (Å²) in [7, 11) is 0. The van der Waals surface area contributed by atoms with Crippen LogP contribution in [0.5, 0.6) is 0 Å². The summed E-state index contributed by atoms with van der Waals surface area (Å²) in [5.41, 5.74) is -0.412. The lowest BCUT2D eigenvalue weighted by atomic mass is 9.93. The van der Waals surface area contributed by atoms with E-state index in [0.29, 0.717) is 30.1 Å². The molecule has 0 saturated heterocycles. The summed E-state index contributed by atoms with van der Waals surface area (Å²) in [6.07, 6.45) is 1.11. The Bertz CT molecular complexity index is 501. The van der Waals surface area contributed by atoms with Gasteiger partial charge in [-0.2, -0.15) is 0 Å². The molecule has 0 bridgehead atoms. The molecule has 21 heavy (non-hydrogen) atoms. The molecule has 1 amide bonds. The number of carboxylic acid groups (broad SMARTS) is 1. The molecular formula is C15H21ClN2O3. The van der Waals surface area contributed by atoms with E-state index in [-0.39, 0.29) is 12.3 Å². The highest BCUT2D eigenvalue weighted by Gasteiger charge is 2.33. The lowest BCUT2D eigenvalue weighted by molar-refractivity contribution is -0.145. The van der Waals surface area contributed by atoms with Crippen molar-refractivity contribution in [3.8, 4) is 0 Å². The van der Waals surface area contributed by atoms with Crippen LogP contribution < -0.4 is 10.6 Å². The smallest absolute Gasteiger partial charge is 0.323 e. The normalized spacial score (nSPS) is 11.2. The highest BCUT2D eigenvalue weighted by atomic mass is 35.5. The van der Waals surface area contributed by atoms with Gasteiger partial charge in [-0.15, -0.1) is 0 Å². The van der Waals surface area contributed by atoms with Crippen molar-refractivity contribution < 1.29 is 14.7 Å². The van der Waals surface area contributed by atoms with Crippen LogP contribution >= 0.6 is 11.6 Å². The first-order chi connectivity index (χ1) is 9.95. The van der Waals surface area contributed by atoms with Crippen molar-refractivity contribution in [3.63, 3.8) is 0 Å². The van der Waals surface area contributed by atoms with Gasteiger partial charge < -0.3 is 15.7 Å². The zero-order chi connectivity index (χ0) is 15.9. The molecule has 0 aliphatic carbocycles. The Hall–Kier alpha value is -1.59. The highest BCUT2D eigenvalue weighted by Crippen LogP contribution is 2.20. The maximum absolute atomic E-state index is 11.8. The van der Waals surface area contributed by atoms with Gasteiger partial charge >= 0.3 is 5.97 Å². The lowest BCUT2D eigenvalue weighted by Gasteiger charge is -2.28. The van der Waals surface area contributed by atoms with Gasteiger partial charge in [-0.25, -0.2) is 0 Å². The van der Waals surface area contributed by atoms with E-state index in [1.54, 1.807) is 24.3 Å². The molecule has 1 aromatic carbocycles. The summed E-state index contributed by atoms with van der Waals surface area (Å²) in [5, 5.41) is 15.4. The zero-order valence-electron chi connectivity index (χ0n) is 12.3. The average Bonchev–Trinajstić information content (AvgIpc) is 2.46. The number of halogens is 1. The van der Waals surface area contributed by atoms with Crippen LogP contribution in [0.1, 0.15) is 33.1 Å². The summed E-state index contributed by atoms with van der Waals surface area (Å²) in [5.74, 6) is -1.10. The third-order valence-electron chi connectivity index (χ3n) is 3.58. The van der Waals surface area contributed by atoms with E-state index in [1.165, 1.54) is 0 Å². The second kappa shape index (κ2) is 8.00. The third-order valence-corrected chi connectivity index (χ3v) is 3.91. The van der Waals surface area contributed by atoms with Crippen molar-refractivity contribution in [2.45, 2.75) is 38.6 Å². The number of para-hydroxylation sites is 1. The summed E-state index contributed by atoms with van der Waals surface area (Å²) in [6, 6.07) is 6.97. The van der Waals surface area contributed by atoms with Crippen molar-refractivity contribution in [2.24, 2.45) is 0 Å². The van der Waals surface area contributed by atoms with Gasteiger partial charge in [0.15, 0.2) is 0 Å². The van der Waals surface area contributed by atoms with Crippen LogP contribution in [0.4, 0.5) is 5.69 Å². The van der Waals surface area contributed by atoms with Crippen molar-refractivity contribution >= 4 is 29.2 Å². The molecule has 5 nitrogen and oxygen atoms in total. The molecule has 116 valence electrons. The summed E-state index contributed by atoms with van der Waals surface area (Å²) < 4.78 is 0. The number of anilines is 1. The minimum absolute atomic E-state index is 0.181. The van der Waals surface area contributed by atoms with E-state index >= 15 is 0 Å². The fourth-order valence-corrected chi connectivity index (χ4v) is 2.25. The Morgan fingerprint density at radius 3 is 2.38 bits per heavy atom. The number of amides is 1. The molecule has 0 heterocycles. The van der Waals surface area contributed by atoms with Gasteiger partial charge in [-0.05, 0) is 25.0 Å². The van der Waals surface area contributed by atoms with Crippen molar-refractivity contribution in [1.82, 2.24) is 5.32 Å². The number of aliphatic carboxylic acids is 1. The van der Waals surface area contributed by atoms with E-state index in [4.69, 9.17) is 11.6 Å². The number of carbonyl (C=O) groups excluding carboxylic acids is 1. The van der Waals surface area contributed by atoms with Crippen molar-refractivity contribution in [2.75, 3.05) is 11.9 Å². The fourth-order valence-electron chi connectivity index (χ4n) is 2.07. The fraction of sp³-hybridized carbons (Fsp3) is 0.467. The predicted octanol–water partition coefficient (Wildman–Crippen LogP) is 2.90. The number of hydrogen-bond acceptors (Lipinski definition) is 3. The summed E-state index contributed by atoms with van der Waals surface area (Å²) in [4.78, 5) is 23.2. The maximum atomic E-state index is 11.8. The second-order valence-electron chi connectivity index (χ2n) is 4.80. The van der Waals surface area contributed by atoms with Gasteiger partial charge in [0.1, 0.15) is 5.54 Å². The molecule has 0 saturated carbocycles. The van der Waals surface area contributed by atoms with Gasteiger partial charge in [-0.3, -0.25) is 9.59 Å². The van der Waals surface area contributed by atoms with Gasteiger partial charge in [-0.1, -0.05) is 37.6 Å². The van der Waals surface area contributed by atoms with Crippen molar-refractivity contribution in [3.05, 3.63) is 29.3 Å². The Kier molecular flexibility index (Phi) is 6.65. The van der Waals surface area contributed by atoms with E-state index < -0.39 is 11.5 Å². The van der Waals surface area contributed by atoms with Crippen LogP contribution in [0.15, 0.2) is 24.3 Å². The van der Waals surface area contributed by atoms with Crippen molar-refractivity contribution in [1.29, 1.82) is 0 Å². The minimum Gasteiger partial charge on any atom is -0.480 e. The molecule has 6 heteroatoms. The van der Waals surface area contributed by atoms with E-state index in [9.17, 15) is 14.7 Å². The molecule has 3 N–H and O–H groups in total. The number of benzene rings is 1. The number of carboxylic acids is 1. The van der Waals surface area contributed by atoms with Crippen LogP contribution in [-0.4, -0.2) is 29.1 Å². The first-order valence-corrected chi connectivity index (χ1v) is 7.35. The standard InChI is InChI=1S/C15H21ClN2O3/c1-3-15(4-2,14(20)21)17-10-9-13(19)18-12-8-6-5-7-11(12)16/h5-8,17H,3-4,9-10H2,1-2H3,(H,18,19)(H,20,21). The average molecular weight is 313 g/mol. The van der Waals surface area contributed by atoms with Gasteiger partial charge in [0.2, 0.25) is 5.91 Å². The van der Waals surface area contributed by atoms with Crippen LogP contribution in [-0.2, 0) is 9.59 Å². The SMILES string of the molecule is CCC(CC)(NCCC(=O)Nc1ccccc1Cl)C(=O)O. The summed E-state index contributed by atoms with van der Waals surface area (Å²) >= 11 is 5.95. The Morgan fingerprint density at radius 1 is 1.24 bits per heavy atom. The lowest BCUT2D eigenvalue weighted by Crippen LogP contribution is -2.51.